The number of hydrogen-bond acceptors (Lipinski definition) is 4. The van der Waals surface area contributed by atoms with E-state index in [1.165, 1.54) is 14.6 Å². The maximum atomic E-state index is 12.8. The number of nitrogens with one attached hydrogen (secondary N) is 2. The van der Waals surface area contributed by atoms with Crippen LogP contribution in [0.4, 0.5) is 0 Å². The fraction of sp³-hybridized carbons (Fsp3) is 0.391. The van der Waals surface area contributed by atoms with Crippen molar-refractivity contribution in [2.75, 3.05) is 20.2 Å². The maximum absolute atomic E-state index is 12.8. The first-order valence-corrected chi connectivity index (χ1v) is 11.1. The number of fused-ring (bicyclic) bond motifs is 1. The van der Waals surface area contributed by atoms with Crippen LogP contribution in [-0.2, 0) is 11.3 Å². The van der Waals surface area contributed by atoms with Crippen LogP contribution in [0, 0.1) is 0 Å². The van der Waals surface area contributed by atoms with Crippen molar-refractivity contribution in [3.63, 3.8) is 0 Å². The summed E-state index contributed by atoms with van der Waals surface area (Å²) in [5, 5.41) is 4.31. The average molecular weight is 411 g/mol. The molecule has 5 nitrogen and oxygen atoms in total. The third-order valence-corrected chi connectivity index (χ3v) is 7.05. The lowest BCUT2D eigenvalue weighted by molar-refractivity contribution is -0.920. The van der Waals surface area contributed by atoms with Crippen molar-refractivity contribution < 1.29 is 14.4 Å². The predicted molar refractivity (Wildman–Crippen MR) is 117 cm³/mol. The molecule has 0 saturated carbocycles. The second-order valence-electron chi connectivity index (χ2n) is 7.76. The summed E-state index contributed by atoms with van der Waals surface area (Å²) in [5.41, 5.74) is 2.16. The second-order valence-corrected chi connectivity index (χ2v) is 8.82. The Balaban J connectivity index is 1.35. The van der Waals surface area contributed by atoms with E-state index in [-0.39, 0.29) is 11.9 Å². The summed E-state index contributed by atoms with van der Waals surface area (Å²) in [7, 11) is 1.65. The molecule has 3 aromatic rings. The molecule has 4 rings (SSSR count). The number of carbonyl (C=O) groups is 1. The molecule has 2 N–H and O–H groups in total. The minimum atomic E-state index is -0.0644. The van der Waals surface area contributed by atoms with E-state index in [1.807, 2.05) is 37.3 Å². The van der Waals surface area contributed by atoms with Crippen molar-refractivity contribution in [3.8, 4) is 5.75 Å². The van der Waals surface area contributed by atoms with E-state index in [9.17, 15) is 4.79 Å². The topological polar surface area (TPSA) is 55.7 Å². The number of thiazole rings is 1. The molecular weight excluding hydrogens is 382 g/mol. The van der Waals surface area contributed by atoms with Crippen LogP contribution in [0.3, 0.4) is 0 Å². The average Bonchev–Trinajstić information content (AvgIpc) is 3.22. The Labute approximate surface area is 175 Å². The molecule has 1 aliphatic heterocycles. The number of likely N-dealkylation sites (tertiary alicyclic amines) is 1. The normalized spacial score (nSPS) is 20.3. The molecule has 1 saturated heterocycles. The molecule has 0 spiro atoms. The van der Waals surface area contributed by atoms with Crippen molar-refractivity contribution in [1.82, 2.24) is 10.3 Å². The van der Waals surface area contributed by atoms with Gasteiger partial charge in [-0.15, -0.1) is 11.3 Å². The first-order chi connectivity index (χ1) is 14.1. The molecule has 3 atom stereocenters. The third-order valence-electron chi connectivity index (χ3n) is 5.85. The SMILES string of the molecule is COc1ccc(CNC(=O)[C@@H](C)[NH+]2CCC[C@H](c3nc4ccccc4s3)C2)cc1. The van der Waals surface area contributed by atoms with Crippen molar-refractivity contribution >= 4 is 27.5 Å². The molecule has 1 amide bonds. The van der Waals surface area contributed by atoms with Gasteiger partial charge >= 0.3 is 0 Å². The third kappa shape index (κ3) is 4.60. The number of methoxy groups -OCH3 is 1. The lowest BCUT2D eigenvalue weighted by Crippen LogP contribution is -3.17. The van der Waals surface area contributed by atoms with Gasteiger partial charge in [0.05, 0.1) is 36.3 Å². The van der Waals surface area contributed by atoms with Crippen molar-refractivity contribution in [3.05, 3.63) is 59.1 Å². The van der Waals surface area contributed by atoms with Gasteiger partial charge in [0.2, 0.25) is 0 Å². The van der Waals surface area contributed by atoms with Crippen LogP contribution in [-0.4, -0.2) is 37.1 Å². The minimum Gasteiger partial charge on any atom is -0.497 e. The number of quaternary nitrogens is 1. The van der Waals surface area contributed by atoms with Gasteiger partial charge in [0.15, 0.2) is 6.04 Å². The van der Waals surface area contributed by atoms with Gasteiger partial charge in [0.1, 0.15) is 10.8 Å². The van der Waals surface area contributed by atoms with E-state index in [2.05, 4.69) is 23.5 Å². The van der Waals surface area contributed by atoms with Crippen LogP contribution < -0.4 is 15.0 Å². The van der Waals surface area contributed by atoms with Crippen LogP contribution in [0.25, 0.3) is 10.2 Å². The molecule has 6 heteroatoms. The number of aromatic nitrogens is 1. The minimum absolute atomic E-state index is 0.0644. The number of carbonyl (C=O) groups excluding carboxylic acids is 1. The number of nitrogens with zero attached hydrogens (tertiary/aromatic N) is 1. The Hall–Kier alpha value is -2.44. The quantitative estimate of drug-likeness (QED) is 0.657. The molecule has 0 radical (unpaired) electrons. The summed E-state index contributed by atoms with van der Waals surface area (Å²) in [4.78, 5) is 19.0. The van der Waals surface area contributed by atoms with Crippen LogP contribution in [0.1, 0.15) is 36.3 Å². The van der Waals surface area contributed by atoms with E-state index in [4.69, 9.17) is 9.72 Å². The highest BCUT2D eigenvalue weighted by atomic mass is 32.1. The maximum Gasteiger partial charge on any atom is 0.278 e. The highest BCUT2D eigenvalue weighted by molar-refractivity contribution is 7.18. The lowest BCUT2D eigenvalue weighted by Gasteiger charge is -2.32. The van der Waals surface area contributed by atoms with E-state index >= 15 is 0 Å². The summed E-state index contributed by atoms with van der Waals surface area (Å²) in [6.07, 6.45) is 2.29. The molecule has 1 aliphatic rings. The molecule has 0 aliphatic carbocycles. The first kappa shape index (κ1) is 19.9. The van der Waals surface area contributed by atoms with Gasteiger partial charge in [-0.05, 0) is 49.6 Å². The molecular formula is C23H28N3O2S+. The second kappa shape index (κ2) is 8.93. The first-order valence-electron chi connectivity index (χ1n) is 10.2. The summed E-state index contributed by atoms with van der Waals surface area (Å²) >= 11 is 1.80. The zero-order valence-corrected chi connectivity index (χ0v) is 17.8. The number of amides is 1. The summed E-state index contributed by atoms with van der Waals surface area (Å²) in [6.45, 7) is 4.59. The van der Waals surface area contributed by atoms with Gasteiger partial charge in [-0.3, -0.25) is 4.79 Å². The fourth-order valence-corrected chi connectivity index (χ4v) is 5.14. The largest absolute Gasteiger partial charge is 0.497 e. The van der Waals surface area contributed by atoms with E-state index in [0.717, 1.165) is 42.8 Å². The Morgan fingerprint density at radius 3 is 2.83 bits per heavy atom. The van der Waals surface area contributed by atoms with Crippen molar-refractivity contribution in [2.45, 2.75) is 38.3 Å². The molecule has 1 aromatic heterocycles. The number of rotatable bonds is 6. The number of benzene rings is 2. The van der Waals surface area contributed by atoms with Gasteiger partial charge in [-0.25, -0.2) is 4.98 Å². The highest BCUT2D eigenvalue weighted by Crippen LogP contribution is 2.30. The molecule has 2 heterocycles. The Morgan fingerprint density at radius 1 is 1.28 bits per heavy atom. The van der Waals surface area contributed by atoms with Crippen LogP contribution in [0.2, 0.25) is 0 Å². The Morgan fingerprint density at radius 2 is 2.07 bits per heavy atom. The Bertz CT molecular complexity index is 937. The molecule has 0 bridgehead atoms. The molecule has 29 heavy (non-hydrogen) atoms. The summed E-state index contributed by atoms with van der Waals surface area (Å²) in [5.74, 6) is 1.38. The standard InChI is InChI=1S/C23H27N3O2S/c1-16(22(27)24-14-17-9-11-19(28-2)12-10-17)26-13-5-6-18(15-26)23-25-20-7-3-4-8-21(20)29-23/h3-4,7-12,16,18H,5-6,13-15H2,1-2H3,(H,24,27)/p+1/t16-,18+/m1/s1. The van der Waals surface area contributed by atoms with E-state index in [1.54, 1.807) is 18.4 Å². The molecule has 2 aromatic carbocycles. The zero-order chi connectivity index (χ0) is 20.2. The van der Waals surface area contributed by atoms with Gasteiger partial charge < -0.3 is 15.0 Å². The summed E-state index contributed by atoms with van der Waals surface area (Å²) < 4.78 is 6.43. The van der Waals surface area contributed by atoms with Crippen LogP contribution in [0.15, 0.2) is 48.5 Å². The Kier molecular flexibility index (Phi) is 6.11. The number of ether oxygens (including phenoxy) is 1. The van der Waals surface area contributed by atoms with Gasteiger partial charge in [-0.2, -0.15) is 0 Å². The summed E-state index contributed by atoms with van der Waals surface area (Å²) in [6, 6.07) is 16.1. The van der Waals surface area contributed by atoms with Gasteiger partial charge in [-0.1, -0.05) is 24.3 Å². The van der Waals surface area contributed by atoms with Gasteiger partial charge in [0, 0.05) is 6.54 Å². The predicted octanol–water partition coefficient (Wildman–Crippen LogP) is 2.77. The lowest BCUT2D eigenvalue weighted by atomic mass is 9.97. The molecule has 1 unspecified atom stereocenters. The molecule has 152 valence electrons. The van der Waals surface area contributed by atoms with E-state index in [0.29, 0.717) is 12.5 Å². The smallest absolute Gasteiger partial charge is 0.278 e. The number of piperidine rings is 1. The van der Waals surface area contributed by atoms with Crippen molar-refractivity contribution in [1.29, 1.82) is 0 Å². The van der Waals surface area contributed by atoms with E-state index < -0.39 is 0 Å². The fourth-order valence-electron chi connectivity index (χ4n) is 4.04. The van der Waals surface area contributed by atoms with Crippen LogP contribution >= 0.6 is 11.3 Å². The van der Waals surface area contributed by atoms with Crippen LogP contribution in [0.5, 0.6) is 5.75 Å². The monoisotopic (exact) mass is 410 g/mol. The molecule has 1 fully saturated rings. The van der Waals surface area contributed by atoms with Crippen molar-refractivity contribution in [2.24, 2.45) is 0 Å². The zero-order valence-electron chi connectivity index (χ0n) is 17.0. The number of hydrogen-bond donors (Lipinski definition) is 2. The number of para-hydroxylation sites is 1. The van der Waals surface area contributed by atoms with Gasteiger partial charge in [0.25, 0.3) is 5.91 Å². The highest BCUT2D eigenvalue weighted by Gasteiger charge is 2.32.